The summed E-state index contributed by atoms with van der Waals surface area (Å²) in [4.78, 5) is 10.4. The highest BCUT2D eigenvalue weighted by atomic mass is 35.5. The lowest BCUT2D eigenvalue weighted by atomic mass is 10.1. The molecule has 0 bridgehead atoms. The Morgan fingerprint density at radius 1 is 1.50 bits per heavy atom. The molecule has 1 rings (SSSR count). The number of alkyl halides is 2. The van der Waals surface area contributed by atoms with Gasteiger partial charge in [-0.05, 0) is 36.8 Å². The summed E-state index contributed by atoms with van der Waals surface area (Å²) in [5.41, 5.74) is 0.735. The van der Waals surface area contributed by atoms with E-state index < -0.39 is 6.61 Å². The van der Waals surface area contributed by atoms with E-state index in [0.29, 0.717) is 22.4 Å². The van der Waals surface area contributed by atoms with Gasteiger partial charge in [-0.2, -0.15) is 8.78 Å². The Balaban J connectivity index is 3.12. The molecule has 0 aliphatic carbocycles. The van der Waals surface area contributed by atoms with E-state index in [0.717, 1.165) is 0 Å². The van der Waals surface area contributed by atoms with Crippen molar-refractivity contribution < 1.29 is 18.3 Å². The molecule has 0 spiro atoms. The summed E-state index contributed by atoms with van der Waals surface area (Å²) in [6.07, 6.45) is 2.05. The zero-order valence-electron chi connectivity index (χ0n) is 8.41. The van der Waals surface area contributed by atoms with Gasteiger partial charge in [0, 0.05) is 10.6 Å². The Morgan fingerprint density at radius 3 is 2.75 bits per heavy atom. The van der Waals surface area contributed by atoms with Crippen LogP contribution in [0.3, 0.4) is 0 Å². The van der Waals surface area contributed by atoms with Crippen LogP contribution in [-0.4, -0.2) is 12.9 Å². The van der Waals surface area contributed by atoms with Crippen LogP contribution in [0.4, 0.5) is 8.78 Å². The molecule has 0 unspecified atom stereocenters. The topological polar surface area (TPSA) is 26.3 Å². The van der Waals surface area contributed by atoms with Gasteiger partial charge in [0.15, 0.2) is 0 Å². The number of ether oxygens (including phenoxy) is 1. The molecule has 16 heavy (non-hydrogen) atoms. The first-order valence-corrected chi connectivity index (χ1v) is 4.78. The van der Waals surface area contributed by atoms with Crippen LogP contribution >= 0.6 is 11.6 Å². The standard InChI is InChI=1S/C11H9ClF2O2/c1-7(6-15)4-8-5-9(12)2-3-10(8)16-11(13)14/h2-6,11H,1H3. The largest absolute Gasteiger partial charge is 0.434 e. The molecule has 0 fully saturated rings. The van der Waals surface area contributed by atoms with Crippen molar-refractivity contribution in [3.63, 3.8) is 0 Å². The zero-order chi connectivity index (χ0) is 12.1. The third kappa shape index (κ3) is 3.62. The van der Waals surface area contributed by atoms with E-state index in [1.165, 1.54) is 24.3 Å². The van der Waals surface area contributed by atoms with Crippen LogP contribution < -0.4 is 4.74 Å². The van der Waals surface area contributed by atoms with Gasteiger partial charge in [-0.25, -0.2) is 0 Å². The highest BCUT2D eigenvalue weighted by Crippen LogP contribution is 2.26. The lowest BCUT2D eigenvalue weighted by Crippen LogP contribution is -2.03. The fourth-order valence-corrected chi connectivity index (χ4v) is 1.30. The number of carbonyl (C=O) groups excluding carboxylic acids is 1. The number of rotatable bonds is 4. The van der Waals surface area contributed by atoms with E-state index in [1.54, 1.807) is 6.92 Å². The molecule has 5 heteroatoms. The van der Waals surface area contributed by atoms with Gasteiger partial charge in [-0.15, -0.1) is 0 Å². The highest BCUT2D eigenvalue weighted by Gasteiger charge is 2.08. The molecular weight excluding hydrogens is 238 g/mol. The summed E-state index contributed by atoms with van der Waals surface area (Å²) in [6.45, 7) is -1.36. The van der Waals surface area contributed by atoms with E-state index in [4.69, 9.17) is 11.6 Å². The van der Waals surface area contributed by atoms with E-state index in [2.05, 4.69) is 4.74 Å². The molecule has 0 atom stereocenters. The summed E-state index contributed by atoms with van der Waals surface area (Å²) in [7, 11) is 0. The first-order valence-electron chi connectivity index (χ1n) is 4.41. The maximum atomic E-state index is 12.1. The predicted molar refractivity (Wildman–Crippen MR) is 57.8 cm³/mol. The quantitative estimate of drug-likeness (QED) is 0.600. The first-order chi connectivity index (χ1) is 7.52. The van der Waals surface area contributed by atoms with Gasteiger partial charge >= 0.3 is 6.61 Å². The Bertz CT molecular complexity index is 416. The highest BCUT2D eigenvalue weighted by molar-refractivity contribution is 6.30. The van der Waals surface area contributed by atoms with Gasteiger partial charge in [0.1, 0.15) is 12.0 Å². The SMILES string of the molecule is CC(C=O)=Cc1cc(Cl)ccc1OC(F)F. The fourth-order valence-electron chi connectivity index (χ4n) is 1.11. The van der Waals surface area contributed by atoms with Crippen LogP contribution in [0, 0.1) is 0 Å². The minimum Gasteiger partial charge on any atom is -0.434 e. The summed E-state index contributed by atoms with van der Waals surface area (Å²) < 4.78 is 28.4. The molecule has 0 heterocycles. The molecule has 0 aliphatic rings. The van der Waals surface area contributed by atoms with Crippen LogP contribution in [0.1, 0.15) is 12.5 Å². The van der Waals surface area contributed by atoms with Crippen molar-refractivity contribution >= 4 is 24.0 Å². The number of halogens is 3. The van der Waals surface area contributed by atoms with Gasteiger partial charge in [0.25, 0.3) is 0 Å². The molecular formula is C11H9ClF2O2. The number of hydrogen-bond acceptors (Lipinski definition) is 2. The maximum Gasteiger partial charge on any atom is 0.387 e. The average molecular weight is 247 g/mol. The van der Waals surface area contributed by atoms with Gasteiger partial charge in [-0.3, -0.25) is 4.79 Å². The van der Waals surface area contributed by atoms with E-state index in [9.17, 15) is 13.6 Å². The van der Waals surface area contributed by atoms with Crippen LogP contribution in [0.2, 0.25) is 5.02 Å². The summed E-state index contributed by atoms with van der Waals surface area (Å²) in [5, 5.41) is 0.381. The van der Waals surface area contributed by atoms with E-state index in [1.807, 2.05) is 0 Å². The van der Waals surface area contributed by atoms with Gasteiger partial charge in [-0.1, -0.05) is 11.6 Å². The Kier molecular flexibility index (Phi) is 4.43. The second-order valence-corrected chi connectivity index (χ2v) is 3.50. The molecule has 86 valence electrons. The van der Waals surface area contributed by atoms with Crippen molar-refractivity contribution in [3.05, 3.63) is 34.4 Å². The van der Waals surface area contributed by atoms with E-state index in [-0.39, 0.29) is 5.75 Å². The molecule has 0 saturated heterocycles. The summed E-state index contributed by atoms with van der Waals surface area (Å²) in [6, 6.07) is 4.22. The predicted octanol–water partition coefficient (Wildman–Crippen LogP) is 3.54. The fraction of sp³-hybridized carbons (Fsp3) is 0.182. The summed E-state index contributed by atoms with van der Waals surface area (Å²) >= 11 is 5.72. The lowest BCUT2D eigenvalue weighted by Gasteiger charge is -2.08. The van der Waals surface area contributed by atoms with Crippen molar-refractivity contribution in [2.45, 2.75) is 13.5 Å². The number of allylic oxidation sites excluding steroid dienone is 1. The van der Waals surface area contributed by atoms with Crippen LogP contribution in [0.25, 0.3) is 6.08 Å². The monoisotopic (exact) mass is 246 g/mol. The van der Waals surface area contributed by atoms with Gasteiger partial charge in [0.05, 0.1) is 0 Å². The van der Waals surface area contributed by atoms with Crippen LogP contribution in [0.5, 0.6) is 5.75 Å². The molecule has 0 radical (unpaired) electrons. The van der Waals surface area contributed by atoms with Gasteiger partial charge in [0.2, 0.25) is 0 Å². The Hall–Kier alpha value is -1.42. The van der Waals surface area contributed by atoms with Crippen LogP contribution in [-0.2, 0) is 4.79 Å². The number of aldehydes is 1. The Labute approximate surface area is 96.5 Å². The molecule has 0 aromatic heterocycles. The molecule has 0 N–H and O–H groups in total. The smallest absolute Gasteiger partial charge is 0.387 e. The lowest BCUT2D eigenvalue weighted by molar-refractivity contribution is -0.104. The average Bonchev–Trinajstić information content (AvgIpc) is 2.21. The molecule has 0 amide bonds. The Morgan fingerprint density at radius 2 is 2.19 bits per heavy atom. The normalized spacial score (nSPS) is 11.7. The molecule has 1 aromatic carbocycles. The van der Waals surface area contributed by atoms with Crippen molar-refractivity contribution in [3.8, 4) is 5.75 Å². The van der Waals surface area contributed by atoms with Gasteiger partial charge < -0.3 is 4.74 Å². The van der Waals surface area contributed by atoms with Crippen molar-refractivity contribution in [1.82, 2.24) is 0 Å². The molecule has 2 nitrogen and oxygen atoms in total. The summed E-state index contributed by atoms with van der Waals surface area (Å²) in [5.74, 6) is -0.0133. The van der Waals surface area contributed by atoms with E-state index >= 15 is 0 Å². The number of hydrogen-bond donors (Lipinski definition) is 0. The second kappa shape index (κ2) is 5.61. The molecule has 1 aromatic rings. The molecule has 0 aliphatic heterocycles. The first kappa shape index (κ1) is 12.6. The third-order valence-corrected chi connectivity index (χ3v) is 1.99. The number of carbonyl (C=O) groups is 1. The minimum absolute atomic E-state index is 0.0133. The van der Waals surface area contributed by atoms with Crippen molar-refractivity contribution in [2.75, 3.05) is 0 Å². The number of benzene rings is 1. The molecule has 0 saturated carbocycles. The van der Waals surface area contributed by atoms with Crippen molar-refractivity contribution in [1.29, 1.82) is 0 Å². The van der Waals surface area contributed by atoms with Crippen molar-refractivity contribution in [2.24, 2.45) is 0 Å². The third-order valence-electron chi connectivity index (χ3n) is 1.76. The van der Waals surface area contributed by atoms with Crippen LogP contribution in [0.15, 0.2) is 23.8 Å². The zero-order valence-corrected chi connectivity index (χ0v) is 9.17. The second-order valence-electron chi connectivity index (χ2n) is 3.07. The minimum atomic E-state index is -2.91. The maximum absolute atomic E-state index is 12.1.